The lowest BCUT2D eigenvalue weighted by molar-refractivity contribution is 0.688. The van der Waals surface area contributed by atoms with Crippen LogP contribution in [0.1, 0.15) is 30.6 Å². The molecule has 0 amide bonds. The fourth-order valence-corrected chi connectivity index (χ4v) is 2.49. The number of hydrogen-bond donors (Lipinski definition) is 2. The Kier molecular flexibility index (Phi) is 3.85. The van der Waals surface area contributed by atoms with Gasteiger partial charge >= 0.3 is 0 Å². The number of fused-ring (bicyclic) bond motifs is 1. The second kappa shape index (κ2) is 5.95. The number of nitrogens with one attached hydrogen (secondary N) is 1. The van der Waals surface area contributed by atoms with Gasteiger partial charge in [0.1, 0.15) is 12.4 Å². The van der Waals surface area contributed by atoms with Gasteiger partial charge in [0, 0.05) is 18.7 Å². The highest BCUT2D eigenvalue weighted by atomic mass is 15.3. The summed E-state index contributed by atoms with van der Waals surface area (Å²) in [4.78, 5) is 4.34. The van der Waals surface area contributed by atoms with Crippen molar-refractivity contribution in [3.63, 3.8) is 0 Å². The first-order chi connectivity index (χ1) is 10.3. The lowest BCUT2D eigenvalue weighted by atomic mass is 10.1. The zero-order chi connectivity index (χ0) is 14.7. The van der Waals surface area contributed by atoms with Crippen LogP contribution in [-0.2, 0) is 25.9 Å². The minimum absolute atomic E-state index is 0.398. The van der Waals surface area contributed by atoms with Crippen molar-refractivity contribution < 1.29 is 0 Å². The van der Waals surface area contributed by atoms with Gasteiger partial charge in [0.25, 0.3) is 0 Å². The van der Waals surface area contributed by atoms with E-state index in [4.69, 9.17) is 5.73 Å². The Labute approximate surface area is 124 Å². The molecule has 2 aromatic rings. The first-order valence-electron chi connectivity index (χ1n) is 7.33. The van der Waals surface area contributed by atoms with E-state index in [-0.39, 0.29) is 0 Å². The second-order valence-corrected chi connectivity index (χ2v) is 5.16. The van der Waals surface area contributed by atoms with Crippen molar-refractivity contribution in [3.8, 4) is 0 Å². The van der Waals surface area contributed by atoms with Gasteiger partial charge in [0.15, 0.2) is 11.8 Å². The number of aliphatic imine (C=N–C) groups is 1. The highest BCUT2D eigenvalue weighted by molar-refractivity contribution is 5.92. The number of anilines is 1. The molecule has 6 heteroatoms. The van der Waals surface area contributed by atoms with E-state index in [1.165, 1.54) is 5.56 Å². The maximum absolute atomic E-state index is 5.92. The predicted molar refractivity (Wildman–Crippen MR) is 83.1 cm³/mol. The lowest BCUT2D eigenvalue weighted by Crippen LogP contribution is -2.22. The molecule has 0 bridgehead atoms. The van der Waals surface area contributed by atoms with Gasteiger partial charge in [0.05, 0.1) is 0 Å². The van der Waals surface area contributed by atoms with Crippen LogP contribution in [0, 0.1) is 0 Å². The summed E-state index contributed by atoms with van der Waals surface area (Å²) < 4.78 is 2.13. The highest BCUT2D eigenvalue weighted by Gasteiger charge is 2.16. The average molecular weight is 284 g/mol. The quantitative estimate of drug-likeness (QED) is 0.661. The molecular weight excluding hydrogens is 264 g/mol. The van der Waals surface area contributed by atoms with Crippen LogP contribution in [0.2, 0.25) is 0 Å². The van der Waals surface area contributed by atoms with Crippen LogP contribution in [0.4, 0.5) is 5.69 Å². The van der Waals surface area contributed by atoms with Crippen molar-refractivity contribution in [1.82, 2.24) is 14.8 Å². The first-order valence-corrected chi connectivity index (χ1v) is 7.33. The van der Waals surface area contributed by atoms with E-state index in [2.05, 4.69) is 44.1 Å². The summed E-state index contributed by atoms with van der Waals surface area (Å²) >= 11 is 0. The highest BCUT2D eigenvalue weighted by Crippen LogP contribution is 2.14. The summed E-state index contributed by atoms with van der Waals surface area (Å²) in [7, 11) is 0. The summed E-state index contributed by atoms with van der Waals surface area (Å²) in [5, 5.41) is 11.4. The fraction of sp³-hybridized carbons (Fsp3) is 0.400. The van der Waals surface area contributed by atoms with Crippen molar-refractivity contribution >= 4 is 11.6 Å². The largest absolute Gasteiger partial charge is 0.370 e. The molecule has 0 spiro atoms. The smallest absolute Gasteiger partial charge is 0.193 e. The Bertz CT molecular complexity index is 641. The van der Waals surface area contributed by atoms with E-state index in [0.717, 1.165) is 43.1 Å². The minimum atomic E-state index is 0.398. The molecule has 110 valence electrons. The number of benzene rings is 1. The van der Waals surface area contributed by atoms with Gasteiger partial charge < -0.3 is 15.6 Å². The standard InChI is InChI=1S/C15H20N6/c1-2-11-5-7-12(8-6-11)18-15(16)17-10-14-20-19-13-4-3-9-21(13)14/h5-8H,2-4,9-10H2,1H3,(H3,16,17,18). The van der Waals surface area contributed by atoms with Crippen molar-refractivity contribution in [1.29, 1.82) is 0 Å². The first kappa shape index (κ1) is 13.6. The summed E-state index contributed by atoms with van der Waals surface area (Å²) in [6, 6.07) is 8.19. The number of guanidine groups is 1. The normalized spacial score (nSPS) is 14.2. The van der Waals surface area contributed by atoms with Crippen LogP contribution in [0.3, 0.4) is 0 Å². The third kappa shape index (κ3) is 3.04. The van der Waals surface area contributed by atoms with Crippen LogP contribution < -0.4 is 11.1 Å². The van der Waals surface area contributed by atoms with Gasteiger partial charge in [-0.15, -0.1) is 10.2 Å². The minimum Gasteiger partial charge on any atom is -0.370 e. The van der Waals surface area contributed by atoms with Gasteiger partial charge in [-0.05, 0) is 30.5 Å². The predicted octanol–water partition coefficient (Wildman–Crippen LogP) is 1.71. The van der Waals surface area contributed by atoms with Gasteiger partial charge in [0.2, 0.25) is 0 Å². The summed E-state index contributed by atoms with van der Waals surface area (Å²) in [5.74, 6) is 2.34. The lowest BCUT2D eigenvalue weighted by Gasteiger charge is -2.06. The van der Waals surface area contributed by atoms with Crippen LogP contribution in [-0.4, -0.2) is 20.7 Å². The molecule has 0 atom stereocenters. The number of aryl methyl sites for hydroxylation is 2. The van der Waals surface area contributed by atoms with E-state index in [1.807, 2.05) is 12.1 Å². The van der Waals surface area contributed by atoms with Crippen molar-refractivity contribution in [3.05, 3.63) is 41.5 Å². The zero-order valence-electron chi connectivity index (χ0n) is 12.2. The summed E-state index contributed by atoms with van der Waals surface area (Å²) in [6.45, 7) is 3.58. The molecule has 21 heavy (non-hydrogen) atoms. The number of hydrogen-bond acceptors (Lipinski definition) is 3. The molecule has 0 unspecified atom stereocenters. The molecule has 2 heterocycles. The van der Waals surface area contributed by atoms with Crippen LogP contribution >= 0.6 is 0 Å². The molecule has 3 rings (SSSR count). The van der Waals surface area contributed by atoms with Crippen LogP contribution in [0.25, 0.3) is 0 Å². The topological polar surface area (TPSA) is 81.1 Å². The molecule has 1 aliphatic rings. The van der Waals surface area contributed by atoms with Crippen molar-refractivity contribution in [2.45, 2.75) is 39.3 Å². The molecule has 0 aliphatic carbocycles. The van der Waals surface area contributed by atoms with E-state index in [9.17, 15) is 0 Å². The third-order valence-corrected chi connectivity index (χ3v) is 3.71. The molecule has 0 fully saturated rings. The van der Waals surface area contributed by atoms with E-state index in [1.54, 1.807) is 0 Å². The second-order valence-electron chi connectivity index (χ2n) is 5.16. The maximum Gasteiger partial charge on any atom is 0.193 e. The number of nitrogens with two attached hydrogens (primary N) is 1. The monoisotopic (exact) mass is 284 g/mol. The molecule has 1 aromatic heterocycles. The molecule has 1 aliphatic heterocycles. The average Bonchev–Trinajstić information content (AvgIpc) is 3.09. The van der Waals surface area contributed by atoms with Crippen molar-refractivity contribution in [2.75, 3.05) is 5.32 Å². The Balaban J connectivity index is 1.62. The van der Waals surface area contributed by atoms with Gasteiger partial charge in [-0.3, -0.25) is 0 Å². The molecule has 6 nitrogen and oxygen atoms in total. The number of rotatable bonds is 4. The fourth-order valence-electron chi connectivity index (χ4n) is 2.49. The van der Waals surface area contributed by atoms with Gasteiger partial charge in [-0.1, -0.05) is 19.1 Å². The van der Waals surface area contributed by atoms with Gasteiger partial charge in [-0.25, -0.2) is 4.99 Å². The number of aromatic nitrogens is 3. The Morgan fingerprint density at radius 1 is 1.33 bits per heavy atom. The molecule has 1 aromatic carbocycles. The van der Waals surface area contributed by atoms with E-state index >= 15 is 0 Å². The summed E-state index contributed by atoms with van der Waals surface area (Å²) in [5.41, 5.74) is 8.16. The van der Waals surface area contributed by atoms with Crippen molar-refractivity contribution in [2.24, 2.45) is 10.7 Å². The Morgan fingerprint density at radius 2 is 2.14 bits per heavy atom. The summed E-state index contributed by atoms with van der Waals surface area (Å²) in [6.07, 6.45) is 3.18. The number of nitrogens with zero attached hydrogens (tertiary/aromatic N) is 4. The molecule has 0 saturated heterocycles. The third-order valence-electron chi connectivity index (χ3n) is 3.71. The molecular formula is C15H20N6. The van der Waals surface area contributed by atoms with Crippen LogP contribution in [0.15, 0.2) is 29.3 Å². The van der Waals surface area contributed by atoms with Gasteiger partial charge in [-0.2, -0.15) is 0 Å². The Hall–Kier alpha value is -2.37. The SMILES string of the molecule is CCc1ccc(NC(N)=NCc2nnc3n2CCC3)cc1. The van der Waals surface area contributed by atoms with Crippen LogP contribution in [0.5, 0.6) is 0 Å². The zero-order valence-corrected chi connectivity index (χ0v) is 12.2. The van der Waals surface area contributed by atoms with E-state index in [0.29, 0.717) is 12.5 Å². The maximum atomic E-state index is 5.92. The molecule has 0 saturated carbocycles. The molecule has 0 radical (unpaired) electrons. The molecule has 3 N–H and O–H groups in total. The van der Waals surface area contributed by atoms with E-state index < -0.39 is 0 Å². The Morgan fingerprint density at radius 3 is 2.90 bits per heavy atom.